The van der Waals surface area contributed by atoms with Crippen molar-refractivity contribution in [1.82, 2.24) is 9.97 Å². The highest BCUT2D eigenvalue weighted by Gasteiger charge is 2.02. The van der Waals surface area contributed by atoms with Crippen molar-refractivity contribution in [2.75, 3.05) is 18.1 Å². The maximum Gasteiger partial charge on any atom is 0.138 e. The number of nitrogen functional groups attached to an aromatic ring is 1. The number of anilines is 2. The van der Waals surface area contributed by atoms with Crippen LogP contribution < -0.4 is 11.1 Å². The quantitative estimate of drug-likeness (QED) is 0.736. The van der Waals surface area contributed by atoms with Gasteiger partial charge in [-0.25, -0.2) is 9.97 Å². The molecule has 4 heteroatoms. The summed E-state index contributed by atoms with van der Waals surface area (Å²) in [6, 6.07) is 0. The van der Waals surface area contributed by atoms with Crippen molar-refractivity contribution in [1.29, 1.82) is 0 Å². The van der Waals surface area contributed by atoms with E-state index in [2.05, 4.69) is 22.2 Å². The van der Waals surface area contributed by atoms with Gasteiger partial charge in [0.05, 0.1) is 5.56 Å². The van der Waals surface area contributed by atoms with E-state index in [0.717, 1.165) is 17.8 Å². The summed E-state index contributed by atoms with van der Waals surface area (Å²) >= 11 is 0. The highest BCUT2D eigenvalue weighted by atomic mass is 15.0. The summed E-state index contributed by atoms with van der Waals surface area (Å²) < 4.78 is 0. The predicted molar refractivity (Wildman–Crippen MR) is 55.3 cm³/mol. The van der Waals surface area contributed by atoms with Gasteiger partial charge in [0, 0.05) is 7.05 Å². The van der Waals surface area contributed by atoms with Crippen molar-refractivity contribution in [2.24, 2.45) is 0 Å². The second-order valence-corrected chi connectivity index (χ2v) is 2.58. The summed E-state index contributed by atoms with van der Waals surface area (Å²) in [6.45, 7) is 2.07. The van der Waals surface area contributed by atoms with Gasteiger partial charge in [-0.1, -0.05) is 19.1 Å². The fourth-order valence-corrected chi connectivity index (χ4v) is 1.01. The first-order chi connectivity index (χ1) is 6.29. The molecule has 0 spiro atoms. The number of nitrogens with zero attached hydrogens (tertiary/aromatic N) is 2. The van der Waals surface area contributed by atoms with Crippen LogP contribution in [0.3, 0.4) is 0 Å². The van der Waals surface area contributed by atoms with E-state index in [0.29, 0.717) is 5.82 Å². The van der Waals surface area contributed by atoms with E-state index >= 15 is 0 Å². The van der Waals surface area contributed by atoms with Crippen LogP contribution in [0.4, 0.5) is 11.6 Å². The lowest BCUT2D eigenvalue weighted by atomic mass is 10.2. The Morgan fingerprint density at radius 2 is 2.31 bits per heavy atom. The molecule has 0 unspecified atom stereocenters. The first kappa shape index (κ1) is 9.51. The zero-order valence-corrected chi connectivity index (χ0v) is 7.91. The number of aromatic nitrogens is 2. The molecule has 4 nitrogen and oxygen atoms in total. The number of rotatable bonds is 3. The third-order valence-electron chi connectivity index (χ3n) is 1.67. The van der Waals surface area contributed by atoms with Gasteiger partial charge >= 0.3 is 0 Å². The molecule has 0 atom stereocenters. The van der Waals surface area contributed by atoms with Crippen LogP contribution in [0, 0.1) is 0 Å². The summed E-state index contributed by atoms with van der Waals surface area (Å²) in [7, 11) is 1.81. The van der Waals surface area contributed by atoms with E-state index in [1.165, 1.54) is 6.33 Å². The lowest BCUT2D eigenvalue weighted by molar-refractivity contribution is 1.16. The molecule has 1 aromatic rings. The molecule has 0 aromatic carbocycles. The molecule has 70 valence electrons. The van der Waals surface area contributed by atoms with Crippen molar-refractivity contribution in [3.05, 3.63) is 18.0 Å². The molecule has 13 heavy (non-hydrogen) atoms. The van der Waals surface area contributed by atoms with Gasteiger partial charge in [-0.2, -0.15) is 0 Å². The number of hydrogen-bond acceptors (Lipinski definition) is 4. The van der Waals surface area contributed by atoms with Crippen LogP contribution in [0.15, 0.2) is 12.4 Å². The number of nitrogens with two attached hydrogens (primary N) is 1. The van der Waals surface area contributed by atoms with Crippen molar-refractivity contribution < 1.29 is 0 Å². The molecule has 0 bridgehead atoms. The Labute approximate surface area is 77.9 Å². The van der Waals surface area contributed by atoms with Crippen molar-refractivity contribution >= 4 is 17.7 Å². The molecule has 0 saturated heterocycles. The molecule has 1 aromatic heterocycles. The van der Waals surface area contributed by atoms with Crippen LogP contribution in [0.5, 0.6) is 0 Å². The van der Waals surface area contributed by atoms with Crippen LogP contribution in [-0.2, 0) is 0 Å². The fraction of sp³-hybridized carbons (Fsp3) is 0.333. The summed E-state index contributed by atoms with van der Waals surface area (Å²) in [6.07, 6.45) is 6.37. The minimum atomic E-state index is 0.504. The third-order valence-corrected chi connectivity index (χ3v) is 1.67. The van der Waals surface area contributed by atoms with Gasteiger partial charge in [-0.3, -0.25) is 0 Å². The van der Waals surface area contributed by atoms with Crippen LogP contribution in [0.1, 0.15) is 18.9 Å². The smallest absolute Gasteiger partial charge is 0.138 e. The van der Waals surface area contributed by atoms with E-state index in [1.807, 2.05) is 19.2 Å². The molecule has 0 aliphatic carbocycles. The molecule has 0 fully saturated rings. The average Bonchev–Trinajstić information content (AvgIpc) is 2.15. The number of allylic oxidation sites excluding steroid dienone is 1. The largest absolute Gasteiger partial charge is 0.383 e. The Morgan fingerprint density at radius 3 is 2.92 bits per heavy atom. The van der Waals surface area contributed by atoms with E-state index in [9.17, 15) is 0 Å². The lowest BCUT2D eigenvalue weighted by Gasteiger charge is -2.05. The van der Waals surface area contributed by atoms with E-state index in [4.69, 9.17) is 5.73 Å². The molecular formula is C9H14N4. The van der Waals surface area contributed by atoms with E-state index in [-0.39, 0.29) is 0 Å². The van der Waals surface area contributed by atoms with E-state index in [1.54, 1.807) is 0 Å². The van der Waals surface area contributed by atoms with Crippen LogP contribution in [0.25, 0.3) is 6.08 Å². The highest BCUT2D eigenvalue weighted by molar-refractivity contribution is 5.71. The maximum absolute atomic E-state index is 5.70. The van der Waals surface area contributed by atoms with Gasteiger partial charge in [0.1, 0.15) is 18.0 Å². The maximum atomic E-state index is 5.70. The molecule has 1 heterocycles. The molecule has 0 aliphatic rings. The van der Waals surface area contributed by atoms with Gasteiger partial charge in [0.15, 0.2) is 0 Å². The third kappa shape index (κ3) is 2.18. The summed E-state index contributed by atoms with van der Waals surface area (Å²) in [4.78, 5) is 7.97. The minimum absolute atomic E-state index is 0.504. The van der Waals surface area contributed by atoms with Gasteiger partial charge in [0.25, 0.3) is 0 Å². The topological polar surface area (TPSA) is 63.8 Å². The van der Waals surface area contributed by atoms with Crippen molar-refractivity contribution in [3.63, 3.8) is 0 Å². The number of hydrogen-bond donors (Lipinski definition) is 2. The zero-order valence-electron chi connectivity index (χ0n) is 7.91. The van der Waals surface area contributed by atoms with E-state index < -0.39 is 0 Å². The zero-order chi connectivity index (χ0) is 9.68. The highest BCUT2D eigenvalue weighted by Crippen LogP contribution is 2.18. The van der Waals surface area contributed by atoms with Crippen molar-refractivity contribution in [3.8, 4) is 0 Å². The first-order valence-electron chi connectivity index (χ1n) is 4.24. The summed E-state index contributed by atoms with van der Waals surface area (Å²) in [5.41, 5.74) is 6.55. The Hall–Kier alpha value is -1.58. The molecule has 1 rings (SSSR count). The first-order valence-corrected chi connectivity index (χ1v) is 4.24. The molecule has 3 N–H and O–H groups in total. The number of nitrogens with one attached hydrogen (secondary N) is 1. The van der Waals surface area contributed by atoms with Gasteiger partial charge in [-0.15, -0.1) is 0 Å². The Balaban J connectivity index is 3.07. The molecular weight excluding hydrogens is 164 g/mol. The molecule has 0 aliphatic heterocycles. The minimum Gasteiger partial charge on any atom is -0.383 e. The predicted octanol–water partition coefficient (Wildman–Crippen LogP) is 1.52. The standard InChI is InChI=1S/C9H14N4/c1-3-4-5-7-8(10)12-6-13-9(7)11-2/h4-6H,3H2,1-2H3,(H3,10,11,12,13)/b5-4-. The summed E-state index contributed by atoms with van der Waals surface area (Å²) in [5.74, 6) is 1.27. The fourth-order valence-electron chi connectivity index (χ4n) is 1.01. The molecule has 0 saturated carbocycles. The Morgan fingerprint density at radius 1 is 1.54 bits per heavy atom. The lowest BCUT2D eigenvalue weighted by Crippen LogP contribution is -2.01. The van der Waals surface area contributed by atoms with Crippen molar-refractivity contribution in [2.45, 2.75) is 13.3 Å². The molecule has 0 amide bonds. The van der Waals surface area contributed by atoms with Gasteiger partial charge in [0.2, 0.25) is 0 Å². The Bertz CT molecular complexity index is 306. The van der Waals surface area contributed by atoms with Gasteiger partial charge < -0.3 is 11.1 Å². The second-order valence-electron chi connectivity index (χ2n) is 2.58. The second kappa shape index (κ2) is 4.45. The SMILES string of the molecule is CC/C=C\c1c(N)ncnc1NC. The van der Waals surface area contributed by atoms with Crippen LogP contribution in [0.2, 0.25) is 0 Å². The summed E-state index contributed by atoms with van der Waals surface area (Å²) in [5, 5.41) is 2.96. The average molecular weight is 178 g/mol. The van der Waals surface area contributed by atoms with Gasteiger partial charge in [-0.05, 0) is 6.42 Å². The normalized spacial score (nSPS) is 10.6. The van der Waals surface area contributed by atoms with Crippen LogP contribution >= 0.6 is 0 Å². The monoisotopic (exact) mass is 178 g/mol. The van der Waals surface area contributed by atoms with Crippen LogP contribution in [-0.4, -0.2) is 17.0 Å². The Kier molecular flexibility index (Phi) is 3.25. The molecule has 0 radical (unpaired) electrons.